The Labute approximate surface area is 193 Å². The summed E-state index contributed by atoms with van der Waals surface area (Å²) in [6, 6.07) is 11.2. The number of carbonyl (C=O) groups excluding carboxylic acids is 3. The summed E-state index contributed by atoms with van der Waals surface area (Å²) in [5.41, 5.74) is 1.41. The second-order valence-corrected chi connectivity index (χ2v) is 9.98. The van der Waals surface area contributed by atoms with Crippen molar-refractivity contribution in [2.75, 3.05) is 26.2 Å². The van der Waals surface area contributed by atoms with E-state index in [4.69, 9.17) is 0 Å². The molecule has 1 aromatic carbocycles. The van der Waals surface area contributed by atoms with Gasteiger partial charge in [0.05, 0.1) is 12.0 Å². The van der Waals surface area contributed by atoms with E-state index in [0.29, 0.717) is 31.6 Å². The van der Waals surface area contributed by atoms with E-state index < -0.39 is 5.92 Å². The molecule has 2 aliphatic heterocycles. The monoisotopic (exact) mass is 453 g/mol. The minimum absolute atomic E-state index is 0.00991. The number of hydrogen-bond acceptors (Lipinski definition) is 4. The molecule has 0 bridgehead atoms. The molecule has 1 saturated heterocycles. The second kappa shape index (κ2) is 9.86. The molecule has 3 heterocycles. The van der Waals surface area contributed by atoms with Crippen molar-refractivity contribution in [3.8, 4) is 0 Å². The lowest BCUT2D eigenvalue weighted by Gasteiger charge is -2.42. The van der Waals surface area contributed by atoms with Gasteiger partial charge < -0.3 is 15.1 Å². The molecule has 1 N–H and O–H groups in total. The summed E-state index contributed by atoms with van der Waals surface area (Å²) in [4.78, 5) is 43.6. The maximum atomic E-state index is 13.5. The second-order valence-electron chi connectivity index (χ2n) is 9.01. The Morgan fingerprint density at radius 2 is 2.00 bits per heavy atom. The molecule has 2 unspecified atom stereocenters. The summed E-state index contributed by atoms with van der Waals surface area (Å²) >= 11 is 1.59. The Hall–Kier alpha value is -2.67. The number of likely N-dealkylation sites (tertiary alicyclic amines) is 1. The molecule has 2 aliphatic rings. The number of rotatable bonds is 8. The third-order valence-electron chi connectivity index (χ3n) is 6.19. The van der Waals surface area contributed by atoms with Crippen molar-refractivity contribution < 1.29 is 14.4 Å². The Kier molecular flexibility index (Phi) is 6.94. The highest BCUT2D eigenvalue weighted by Gasteiger charge is 2.44. The molecule has 2 atom stereocenters. The van der Waals surface area contributed by atoms with Crippen LogP contribution in [-0.4, -0.2) is 53.7 Å². The molecule has 2 aromatic rings. The molecular formula is C25H31N3O3S. The van der Waals surface area contributed by atoms with E-state index in [1.807, 2.05) is 51.6 Å². The van der Waals surface area contributed by atoms with Crippen LogP contribution in [0, 0.1) is 5.92 Å². The summed E-state index contributed by atoms with van der Waals surface area (Å²) in [5.74, 6) is -0.0459. The highest BCUT2D eigenvalue weighted by molar-refractivity contribution is 7.10. The van der Waals surface area contributed by atoms with E-state index in [1.165, 1.54) is 0 Å². The Balaban J connectivity index is 1.57. The Morgan fingerprint density at radius 1 is 1.19 bits per heavy atom. The zero-order valence-corrected chi connectivity index (χ0v) is 19.6. The van der Waals surface area contributed by atoms with E-state index in [9.17, 15) is 14.4 Å². The molecule has 1 fully saturated rings. The van der Waals surface area contributed by atoms with Gasteiger partial charge in [-0.25, -0.2) is 0 Å². The van der Waals surface area contributed by atoms with Crippen LogP contribution >= 0.6 is 11.3 Å². The van der Waals surface area contributed by atoms with E-state index >= 15 is 0 Å². The van der Waals surface area contributed by atoms with Crippen molar-refractivity contribution in [3.63, 3.8) is 0 Å². The first kappa shape index (κ1) is 22.5. The summed E-state index contributed by atoms with van der Waals surface area (Å²) in [7, 11) is 0. The first-order valence-corrected chi connectivity index (χ1v) is 12.3. The van der Waals surface area contributed by atoms with Gasteiger partial charge in [-0.3, -0.25) is 14.4 Å². The zero-order chi connectivity index (χ0) is 22.7. The number of amides is 3. The minimum atomic E-state index is -0.463. The number of fused-ring (bicyclic) bond motifs is 1. The maximum absolute atomic E-state index is 13.5. The van der Waals surface area contributed by atoms with Crippen LogP contribution in [0.4, 0.5) is 0 Å². The number of benzene rings is 1. The fourth-order valence-corrected chi connectivity index (χ4v) is 5.65. The number of hydrogen-bond donors (Lipinski definition) is 1. The van der Waals surface area contributed by atoms with Crippen molar-refractivity contribution >= 4 is 29.1 Å². The topological polar surface area (TPSA) is 69.7 Å². The third kappa shape index (κ3) is 4.58. The molecule has 4 rings (SSSR count). The molecular weight excluding hydrogens is 422 g/mol. The maximum Gasteiger partial charge on any atom is 0.254 e. The number of carbonyl (C=O) groups is 3. The van der Waals surface area contributed by atoms with Crippen LogP contribution in [0.3, 0.4) is 0 Å². The Bertz CT molecular complexity index is 973. The SMILES string of the molecule is CC(C)CN1C(=O)c2ccccc2C(C(=O)NCCCN2CCCC2=O)C1c1cccs1. The lowest BCUT2D eigenvalue weighted by Crippen LogP contribution is -2.48. The molecule has 32 heavy (non-hydrogen) atoms. The summed E-state index contributed by atoms with van der Waals surface area (Å²) < 4.78 is 0. The van der Waals surface area contributed by atoms with Gasteiger partial charge in [-0.05, 0) is 41.8 Å². The highest BCUT2D eigenvalue weighted by atomic mass is 32.1. The fourth-order valence-electron chi connectivity index (χ4n) is 4.78. The largest absolute Gasteiger partial charge is 0.355 e. The van der Waals surface area contributed by atoms with Crippen molar-refractivity contribution in [1.82, 2.24) is 15.1 Å². The van der Waals surface area contributed by atoms with Gasteiger partial charge in [0.1, 0.15) is 0 Å². The normalized spacial score (nSPS) is 20.7. The van der Waals surface area contributed by atoms with E-state index in [0.717, 1.165) is 29.8 Å². The standard InChI is InChI=1S/C25H31N3O3S/c1-17(2)16-28-23(20-10-6-15-32-20)22(18-8-3-4-9-19(18)25(28)31)24(30)26-12-7-14-27-13-5-11-21(27)29/h3-4,6,8-10,15,17,22-23H,5,7,11-14,16H2,1-2H3,(H,26,30). The number of nitrogens with zero attached hydrogens (tertiary/aromatic N) is 2. The van der Waals surface area contributed by atoms with Gasteiger partial charge in [0.25, 0.3) is 5.91 Å². The molecule has 7 heteroatoms. The molecule has 0 aliphatic carbocycles. The van der Waals surface area contributed by atoms with Crippen molar-refractivity contribution in [2.45, 2.75) is 45.1 Å². The first-order valence-electron chi connectivity index (χ1n) is 11.5. The lowest BCUT2D eigenvalue weighted by atomic mass is 9.81. The van der Waals surface area contributed by atoms with Gasteiger partial charge in [-0.2, -0.15) is 0 Å². The number of thiophene rings is 1. The molecule has 170 valence electrons. The summed E-state index contributed by atoms with van der Waals surface area (Å²) in [6.07, 6.45) is 2.28. The molecule has 1 aromatic heterocycles. The van der Waals surface area contributed by atoms with Crippen LogP contribution in [0.5, 0.6) is 0 Å². The minimum Gasteiger partial charge on any atom is -0.355 e. The predicted molar refractivity (Wildman–Crippen MR) is 126 cm³/mol. The lowest BCUT2D eigenvalue weighted by molar-refractivity contribution is -0.127. The molecule has 3 amide bonds. The number of nitrogens with one attached hydrogen (secondary N) is 1. The van der Waals surface area contributed by atoms with Gasteiger partial charge >= 0.3 is 0 Å². The van der Waals surface area contributed by atoms with Gasteiger partial charge in [-0.1, -0.05) is 38.1 Å². The van der Waals surface area contributed by atoms with Gasteiger partial charge in [0.2, 0.25) is 11.8 Å². The average Bonchev–Trinajstić information content (AvgIpc) is 3.44. The fraction of sp³-hybridized carbons (Fsp3) is 0.480. The van der Waals surface area contributed by atoms with Crippen LogP contribution in [0.25, 0.3) is 0 Å². The van der Waals surface area contributed by atoms with Crippen molar-refractivity contribution in [1.29, 1.82) is 0 Å². The van der Waals surface area contributed by atoms with Gasteiger partial charge in [-0.15, -0.1) is 11.3 Å². The summed E-state index contributed by atoms with van der Waals surface area (Å²) in [6.45, 7) is 6.78. The van der Waals surface area contributed by atoms with E-state index in [2.05, 4.69) is 19.2 Å². The van der Waals surface area contributed by atoms with Gasteiger partial charge in [0.15, 0.2) is 0 Å². The van der Waals surface area contributed by atoms with Crippen LogP contribution in [0.2, 0.25) is 0 Å². The van der Waals surface area contributed by atoms with Crippen LogP contribution in [0.1, 0.15) is 65.9 Å². The summed E-state index contributed by atoms with van der Waals surface area (Å²) in [5, 5.41) is 5.10. The molecule has 0 spiro atoms. The smallest absolute Gasteiger partial charge is 0.254 e. The zero-order valence-electron chi connectivity index (χ0n) is 18.8. The van der Waals surface area contributed by atoms with Gasteiger partial charge in [0, 0.05) is 43.0 Å². The van der Waals surface area contributed by atoms with Crippen LogP contribution in [0.15, 0.2) is 41.8 Å². The first-order chi connectivity index (χ1) is 15.5. The predicted octanol–water partition coefficient (Wildman–Crippen LogP) is 3.81. The highest BCUT2D eigenvalue weighted by Crippen LogP contribution is 2.44. The van der Waals surface area contributed by atoms with E-state index in [1.54, 1.807) is 11.3 Å². The van der Waals surface area contributed by atoms with Crippen molar-refractivity contribution in [2.24, 2.45) is 5.92 Å². The molecule has 0 saturated carbocycles. The quantitative estimate of drug-likeness (QED) is 0.618. The Morgan fingerprint density at radius 3 is 2.69 bits per heavy atom. The molecule has 0 radical (unpaired) electrons. The third-order valence-corrected chi connectivity index (χ3v) is 7.14. The van der Waals surface area contributed by atoms with Crippen LogP contribution in [-0.2, 0) is 9.59 Å². The van der Waals surface area contributed by atoms with Crippen LogP contribution < -0.4 is 5.32 Å². The van der Waals surface area contributed by atoms with Crippen molar-refractivity contribution in [3.05, 3.63) is 57.8 Å². The average molecular weight is 454 g/mol. The molecule has 6 nitrogen and oxygen atoms in total. The van der Waals surface area contributed by atoms with E-state index in [-0.39, 0.29) is 29.7 Å².